The molecule has 0 radical (unpaired) electrons. The van der Waals surface area contributed by atoms with Crippen molar-refractivity contribution >= 4 is 5.91 Å². The Morgan fingerprint density at radius 1 is 1.21 bits per heavy atom. The van der Waals surface area contributed by atoms with Crippen molar-refractivity contribution < 1.29 is 4.79 Å². The van der Waals surface area contributed by atoms with Crippen LogP contribution in [0.3, 0.4) is 0 Å². The van der Waals surface area contributed by atoms with Crippen molar-refractivity contribution in [3.63, 3.8) is 0 Å². The molecule has 1 N–H and O–H groups in total. The van der Waals surface area contributed by atoms with Gasteiger partial charge in [-0.1, -0.05) is 0 Å². The van der Waals surface area contributed by atoms with Gasteiger partial charge >= 0.3 is 0 Å². The Labute approximate surface area is 111 Å². The van der Waals surface area contributed by atoms with Gasteiger partial charge in [-0.05, 0) is 13.8 Å². The maximum Gasteiger partial charge on any atom is 0.271 e. The van der Waals surface area contributed by atoms with Gasteiger partial charge in [0, 0.05) is 37.3 Å². The largest absolute Gasteiger partial charge is 0.348 e. The molecule has 0 saturated heterocycles. The third-order valence-corrected chi connectivity index (χ3v) is 2.52. The van der Waals surface area contributed by atoms with Crippen molar-refractivity contribution in [2.24, 2.45) is 0 Å². The monoisotopic (exact) mass is 257 g/mol. The molecule has 0 saturated carbocycles. The predicted molar refractivity (Wildman–Crippen MR) is 69.4 cm³/mol. The first-order chi connectivity index (χ1) is 9.15. The van der Waals surface area contributed by atoms with Gasteiger partial charge in [0.25, 0.3) is 5.91 Å². The topological polar surface area (TPSA) is 80.7 Å². The number of aryl methyl sites for hydroxylation is 1. The second-order valence-electron chi connectivity index (χ2n) is 4.32. The van der Waals surface area contributed by atoms with Gasteiger partial charge in [-0.15, -0.1) is 0 Å². The molecule has 0 spiro atoms. The molecule has 0 bridgehead atoms. The molecule has 1 amide bonds. The van der Waals surface area contributed by atoms with E-state index in [2.05, 4.69) is 25.3 Å². The lowest BCUT2D eigenvalue weighted by molar-refractivity contribution is 0.0934. The Hall–Kier alpha value is -2.37. The molecule has 0 aliphatic carbocycles. The number of nitrogens with one attached hydrogen (secondary N) is 1. The minimum atomic E-state index is -0.233. The molecule has 2 aromatic heterocycles. The van der Waals surface area contributed by atoms with E-state index in [0.717, 1.165) is 11.4 Å². The van der Waals surface area contributed by atoms with Gasteiger partial charge in [0.05, 0.1) is 17.6 Å². The van der Waals surface area contributed by atoms with Crippen molar-refractivity contribution in [3.8, 4) is 0 Å². The smallest absolute Gasteiger partial charge is 0.271 e. The van der Waals surface area contributed by atoms with Gasteiger partial charge in [0.2, 0.25) is 0 Å². The van der Waals surface area contributed by atoms with Crippen LogP contribution in [0, 0.1) is 6.92 Å². The Balaban J connectivity index is 1.93. The summed E-state index contributed by atoms with van der Waals surface area (Å²) in [4.78, 5) is 28.1. The molecule has 1 unspecified atom stereocenters. The normalized spacial score (nSPS) is 11.9. The number of nitrogens with zero attached hydrogens (tertiary/aromatic N) is 4. The van der Waals surface area contributed by atoms with Gasteiger partial charge in [0.15, 0.2) is 0 Å². The van der Waals surface area contributed by atoms with E-state index in [1.807, 2.05) is 13.8 Å². The van der Waals surface area contributed by atoms with Crippen LogP contribution in [-0.4, -0.2) is 31.9 Å². The molecule has 6 nitrogen and oxygen atoms in total. The van der Waals surface area contributed by atoms with E-state index in [9.17, 15) is 4.79 Å². The van der Waals surface area contributed by atoms with Crippen LogP contribution in [0.4, 0.5) is 0 Å². The average Bonchev–Trinajstić information content (AvgIpc) is 2.40. The highest BCUT2D eigenvalue weighted by molar-refractivity contribution is 5.92. The summed E-state index contributed by atoms with van der Waals surface area (Å²) in [5, 5.41) is 2.85. The zero-order valence-corrected chi connectivity index (χ0v) is 10.9. The van der Waals surface area contributed by atoms with Crippen molar-refractivity contribution in [2.75, 3.05) is 0 Å². The number of amides is 1. The second kappa shape index (κ2) is 5.99. The number of rotatable bonds is 4. The zero-order valence-electron chi connectivity index (χ0n) is 10.9. The molecule has 98 valence electrons. The van der Waals surface area contributed by atoms with E-state index in [1.165, 1.54) is 6.20 Å². The second-order valence-corrected chi connectivity index (χ2v) is 4.32. The fourth-order valence-corrected chi connectivity index (χ4v) is 1.61. The molecule has 0 aliphatic heterocycles. The Morgan fingerprint density at radius 3 is 2.68 bits per heavy atom. The zero-order chi connectivity index (χ0) is 13.7. The number of carbonyl (C=O) groups is 1. The highest BCUT2D eigenvalue weighted by atomic mass is 16.1. The summed E-state index contributed by atoms with van der Waals surface area (Å²) < 4.78 is 0. The Kier molecular flexibility index (Phi) is 4.12. The van der Waals surface area contributed by atoms with Crippen LogP contribution in [0.15, 0.2) is 31.0 Å². The minimum Gasteiger partial charge on any atom is -0.348 e. The fourth-order valence-electron chi connectivity index (χ4n) is 1.61. The number of carbonyl (C=O) groups excluding carboxylic acids is 1. The van der Waals surface area contributed by atoms with Gasteiger partial charge < -0.3 is 5.32 Å². The van der Waals surface area contributed by atoms with E-state index in [-0.39, 0.29) is 11.9 Å². The molecule has 2 heterocycles. The third-order valence-electron chi connectivity index (χ3n) is 2.52. The lowest BCUT2D eigenvalue weighted by Gasteiger charge is -2.12. The van der Waals surface area contributed by atoms with Crippen molar-refractivity contribution in [3.05, 3.63) is 48.1 Å². The van der Waals surface area contributed by atoms with Gasteiger partial charge in [0.1, 0.15) is 5.69 Å². The van der Waals surface area contributed by atoms with Crippen molar-refractivity contribution in [2.45, 2.75) is 26.3 Å². The first-order valence-corrected chi connectivity index (χ1v) is 5.99. The molecule has 19 heavy (non-hydrogen) atoms. The van der Waals surface area contributed by atoms with Gasteiger partial charge in [-0.2, -0.15) is 0 Å². The molecule has 1 atom stereocenters. The molecule has 0 fully saturated rings. The molecule has 2 rings (SSSR count). The van der Waals surface area contributed by atoms with Crippen LogP contribution in [0.2, 0.25) is 0 Å². The van der Waals surface area contributed by atoms with Gasteiger partial charge in [-0.25, -0.2) is 4.98 Å². The Bertz CT molecular complexity index is 541. The third kappa shape index (κ3) is 3.80. The lowest BCUT2D eigenvalue weighted by atomic mass is 10.2. The SMILES string of the molecule is Cc1cnc(C(=O)NC(C)Cc2cnccn2)cn1. The summed E-state index contributed by atoms with van der Waals surface area (Å²) in [6.45, 7) is 3.74. The summed E-state index contributed by atoms with van der Waals surface area (Å²) in [6, 6.07) is -0.0488. The number of aromatic nitrogens is 4. The average molecular weight is 257 g/mol. The van der Waals surface area contributed by atoms with Crippen LogP contribution >= 0.6 is 0 Å². The van der Waals surface area contributed by atoms with E-state index in [4.69, 9.17) is 0 Å². The first kappa shape index (κ1) is 13.1. The highest BCUT2D eigenvalue weighted by Crippen LogP contribution is 1.99. The summed E-state index contributed by atoms with van der Waals surface area (Å²) in [7, 11) is 0. The van der Waals surface area contributed by atoms with Crippen LogP contribution in [0.1, 0.15) is 28.8 Å². The minimum absolute atomic E-state index is 0.0488. The van der Waals surface area contributed by atoms with Crippen molar-refractivity contribution in [1.82, 2.24) is 25.3 Å². The number of hydrogen-bond donors (Lipinski definition) is 1. The van der Waals surface area contributed by atoms with E-state index < -0.39 is 0 Å². The number of hydrogen-bond acceptors (Lipinski definition) is 5. The first-order valence-electron chi connectivity index (χ1n) is 5.99. The van der Waals surface area contributed by atoms with Crippen LogP contribution in [0.25, 0.3) is 0 Å². The maximum atomic E-state index is 11.9. The fraction of sp³-hybridized carbons (Fsp3) is 0.308. The van der Waals surface area contributed by atoms with E-state index >= 15 is 0 Å². The quantitative estimate of drug-likeness (QED) is 0.881. The Morgan fingerprint density at radius 2 is 2.05 bits per heavy atom. The summed E-state index contributed by atoms with van der Waals surface area (Å²) in [6.07, 6.45) is 8.61. The lowest BCUT2D eigenvalue weighted by Crippen LogP contribution is -2.34. The highest BCUT2D eigenvalue weighted by Gasteiger charge is 2.12. The van der Waals surface area contributed by atoms with E-state index in [0.29, 0.717) is 12.1 Å². The summed E-state index contributed by atoms with van der Waals surface area (Å²) in [5.41, 5.74) is 1.94. The van der Waals surface area contributed by atoms with Crippen LogP contribution in [-0.2, 0) is 6.42 Å². The summed E-state index contributed by atoms with van der Waals surface area (Å²) in [5.74, 6) is -0.233. The maximum absolute atomic E-state index is 11.9. The molecular weight excluding hydrogens is 242 g/mol. The van der Waals surface area contributed by atoms with Crippen LogP contribution in [0.5, 0.6) is 0 Å². The van der Waals surface area contributed by atoms with Gasteiger partial charge in [-0.3, -0.25) is 19.7 Å². The molecule has 2 aromatic rings. The molecule has 6 heteroatoms. The summed E-state index contributed by atoms with van der Waals surface area (Å²) >= 11 is 0. The standard InChI is InChI=1S/C13H15N5O/c1-9(5-11-7-14-3-4-15-11)18-13(19)12-8-16-10(2)6-17-12/h3-4,6-9H,5H2,1-2H3,(H,18,19). The molecule has 0 aliphatic rings. The van der Waals surface area contributed by atoms with Crippen molar-refractivity contribution in [1.29, 1.82) is 0 Å². The predicted octanol–water partition coefficient (Wildman–Crippen LogP) is 0.936. The molecule has 0 aromatic carbocycles. The van der Waals surface area contributed by atoms with E-state index in [1.54, 1.807) is 24.8 Å². The molecular formula is C13H15N5O. The van der Waals surface area contributed by atoms with Crippen LogP contribution < -0.4 is 5.32 Å².